The fourth-order valence-corrected chi connectivity index (χ4v) is 14.0. The molecule has 0 spiro atoms. The zero-order valence-electron chi connectivity index (χ0n) is 35.4. The third-order valence-electron chi connectivity index (χ3n) is 17.6. The number of aliphatic hydroxyl groups excluding tert-OH is 4. The van der Waals surface area contributed by atoms with Gasteiger partial charge in [0.2, 0.25) is 5.72 Å². The van der Waals surface area contributed by atoms with Crippen molar-refractivity contribution >= 4 is 0 Å². The highest BCUT2D eigenvalue weighted by Gasteiger charge is 2.55. The number of rotatable bonds is 10. The Morgan fingerprint density at radius 1 is 0.426 bits per heavy atom. The first-order valence-corrected chi connectivity index (χ1v) is 20.9. The van der Waals surface area contributed by atoms with E-state index in [2.05, 4.69) is 41.5 Å². The van der Waals surface area contributed by atoms with Crippen LogP contribution >= 0.6 is 0 Å². The van der Waals surface area contributed by atoms with Crippen molar-refractivity contribution in [3.05, 3.63) is 0 Å². The van der Waals surface area contributed by atoms with Crippen LogP contribution in [0.5, 0.6) is 0 Å². The van der Waals surface area contributed by atoms with Crippen LogP contribution < -0.4 is 0 Å². The van der Waals surface area contributed by atoms with Gasteiger partial charge >= 0.3 is 0 Å². The van der Waals surface area contributed by atoms with E-state index in [1.165, 1.54) is 103 Å². The van der Waals surface area contributed by atoms with E-state index in [9.17, 15) is 0 Å². The SMILES string of the molecule is [2H]OC1CCC(C2(C3CCC(O[2H])C(C)C3)CCC(C(C)(C)C3CCC(C4CCC(O[2H])C(C)C4)(C4CCC(O[2H])C(C)C4)CC3)CC2)CC1C. The van der Waals surface area contributed by atoms with E-state index in [1.54, 1.807) is 0 Å². The molecule has 0 aromatic heterocycles. The van der Waals surface area contributed by atoms with Gasteiger partial charge in [-0.1, -0.05) is 41.5 Å². The van der Waals surface area contributed by atoms with Crippen molar-refractivity contribution in [2.45, 2.75) is 194 Å². The molecule has 6 rings (SSSR count). The van der Waals surface area contributed by atoms with Crippen LogP contribution in [0, 0.1) is 75.4 Å². The second-order valence-electron chi connectivity index (χ2n) is 19.9. The first-order chi connectivity index (χ1) is 24.4. The van der Waals surface area contributed by atoms with Crippen LogP contribution in [-0.4, -0.2) is 50.6 Å². The van der Waals surface area contributed by atoms with Gasteiger partial charge in [-0.25, -0.2) is 0 Å². The van der Waals surface area contributed by atoms with E-state index < -0.39 is 0 Å². The van der Waals surface area contributed by atoms with E-state index in [0.717, 1.165) is 61.2 Å². The van der Waals surface area contributed by atoms with Crippen LogP contribution in [0.3, 0.4) is 0 Å². The lowest BCUT2D eigenvalue weighted by atomic mass is 9.46. The Morgan fingerprint density at radius 2 is 0.681 bits per heavy atom. The number of aliphatic hydroxyl groups is 4. The first kappa shape index (κ1) is 31.6. The summed E-state index contributed by atoms with van der Waals surface area (Å²) in [5, 5.41) is 20.8. The molecule has 0 aromatic carbocycles. The molecule has 47 heavy (non-hydrogen) atoms. The van der Waals surface area contributed by atoms with E-state index in [0.29, 0.717) is 39.9 Å². The van der Waals surface area contributed by atoms with E-state index in [-0.39, 0.29) is 24.4 Å². The van der Waals surface area contributed by atoms with Gasteiger partial charge in [0, 0.05) is 0 Å². The van der Waals surface area contributed by atoms with Crippen molar-refractivity contribution in [1.29, 1.82) is 5.72 Å². The minimum Gasteiger partial charge on any atom is -0.393 e. The van der Waals surface area contributed by atoms with E-state index in [4.69, 9.17) is 26.2 Å². The fraction of sp³-hybridized carbons (Fsp3) is 1.00. The van der Waals surface area contributed by atoms with E-state index in [1.807, 2.05) is 0 Å². The summed E-state index contributed by atoms with van der Waals surface area (Å²) in [5.41, 5.74) is 1.10. The molecule has 0 amide bonds. The summed E-state index contributed by atoms with van der Waals surface area (Å²) in [6, 6.07) is 0. The van der Waals surface area contributed by atoms with Crippen LogP contribution in [0.15, 0.2) is 0 Å². The smallest absolute Gasteiger partial charge is 0.210 e. The van der Waals surface area contributed by atoms with Crippen molar-refractivity contribution in [3.8, 4) is 0 Å². The summed E-state index contributed by atoms with van der Waals surface area (Å²) >= 11 is 0. The van der Waals surface area contributed by atoms with Crippen LogP contribution in [0.4, 0.5) is 0 Å². The number of hydrogen-bond acceptors (Lipinski definition) is 4. The van der Waals surface area contributed by atoms with Crippen molar-refractivity contribution in [2.75, 3.05) is 0 Å². The normalized spacial score (nSPS) is 53.3. The Balaban J connectivity index is 1.16. The van der Waals surface area contributed by atoms with Crippen molar-refractivity contribution in [2.24, 2.45) is 75.4 Å². The highest BCUT2D eigenvalue weighted by Crippen LogP contribution is 2.64. The summed E-state index contributed by atoms with van der Waals surface area (Å²) in [4.78, 5) is 0. The van der Waals surface area contributed by atoms with Crippen LogP contribution in [0.25, 0.3) is 0 Å². The zero-order valence-corrected chi connectivity index (χ0v) is 31.4. The monoisotopic (exact) mass is 661 g/mol. The average molecular weight is 661 g/mol. The number of hydrogen-bond donors (Lipinski definition) is 4. The maximum absolute atomic E-state index is 7.68. The molecule has 4 heteroatoms. The molecule has 0 heterocycles. The van der Waals surface area contributed by atoms with Gasteiger partial charge in [-0.2, -0.15) is 0 Å². The quantitative estimate of drug-likeness (QED) is 0.188. The molecule has 12 unspecified atom stereocenters. The summed E-state index contributed by atoms with van der Waals surface area (Å²) in [7, 11) is 0. The molecule has 0 bridgehead atoms. The van der Waals surface area contributed by atoms with Gasteiger partial charge in [0.25, 0.3) is 0 Å². The summed E-state index contributed by atoms with van der Waals surface area (Å²) in [6.07, 6.45) is 24.9. The van der Waals surface area contributed by atoms with Gasteiger partial charge in [-0.3, -0.25) is 0 Å². The summed E-state index contributed by atoms with van der Waals surface area (Å²) < 4.78 is 30.7. The van der Waals surface area contributed by atoms with Crippen molar-refractivity contribution in [1.82, 2.24) is 0 Å². The second kappa shape index (κ2) is 14.5. The third kappa shape index (κ3) is 7.04. The predicted molar refractivity (Wildman–Crippen MR) is 193 cm³/mol. The Hall–Kier alpha value is -0.160. The Bertz CT molecular complexity index is 948. The standard InChI is InChI=1S/C43H76O4/c1-27-23-33(7-11-37(27)44)42(34-8-12-38(45)28(2)24-34)19-15-31(16-20-42)41(5,6)32-17-21-43(22-18-32,35-9-13-39(46)29(3)25-35)36-10-14-40(47)30(4)26-36/h27-40,44-47H,7-26H2,1-6H3/i44D,45D,46D,47D. The lowest BCUT2D eigenvalue weighted by Gasteiger charge is -2.59. The molecule has 6 saturated carbocycles. The molecule has 6 fully saturated rings. The predicted octanol–water partition coefficient (Wildman–Crippen LogP) is 9.55. The van der Waals surface area contributed by atoms with Crippen LogP contribution in [0.2, 0.25) is 0 Å². The van der Waals surface area contributed by atoms with Gasteiger partial charge < -0.3 is 20.4 Å². The molecule has 272 valence electrons. The van der Waals surface area contributed by atoms with Gasteiger partial charge in [0.05, 0.1) is 24.4 Å². The molecule has 0 aliphatic heterocycles. The Labute approximate surface area is 295 Å². The first-order valence-electron chi connectivity index (χ1n) is 22.5. The molecule has 0 aromatic rings. The van der Waals surface area contributed by atoms with E-state index >= 15 is 0 Å². The molecule has 4 N–H and O–H groups in total. The molecule has 0 radical (unpaired) electrons. The Morgan fingerprint density at radius 3 is 0.894 bits per heavy atom. The molecule has 4 nitrogen and oxygen atoms in total. The minimum atomic E-state index is 0.0897. The maximum Gasteiger partial charge on any atom is 0.210 e. The third-order valence-corrected chi connectivity index (χ3v) is 17.6. The lowest BCUT2D eigenvalue weighted by Crippen LogP contribution is -2.50. The molecular weight excluding hydrogens is 580 g/mol. The zero-order chi connectivity index (χ0) is 36.6. The van der Waals surface area contributed by atoms with Gasteiger partial charge in [-0.15, -0.1) is 0 Å². The van der Waals surface area contributed by atoms with Crippen LogP contribution in [0.1, 0.15) is 170 Å². The average Bonchev–Trinajstić information content (AvgIpc) is 3.14. The lowest BCUT2D eigenvalue weighted by molar-refractivity contribution is -0.104. The molecule has 0 saturated heterocycles. The van der Waals surface area contributed by atoms with Gasteiger partial charge in [0.15, 0.2) is 0 Å². The highest BCUT2D eigenvalue weighted by molar-refractivity contribution is 5.05. The molecular formula is C43H76O4. The summed E-state index contributed by atoms with van der Waals surface area (Å²) in [5.74, 6) is 6.25. The van der Waals surface area contributed by atoms with Crippen molar-refractivity contribution in [3.63, 3.8) is 0 Å². The highest BCUT2D eigenvalue weighted by atomic mass is 16.3. The summed E-state index contributed by atoms with van der Waals surface area (Å²) in [6.45, 7) is 14.6. The largest absolute Gasteiger partial charge is 0.393 e. The van der Waals surface area contributed by atoms with Crippen LogP contribution in [-0.2, 0) is 0 Å². The minimum absolute atomic E-state index is 0.0897. The molecule has 6 aliphatic carbocycles. The van der Waals surface area contributed by atoms with Crippen molar-refractivity contribution < 1.29 is 20.4 Å². The molecule has 12 atom stereocenters. The fourth-order valence-electron chi connectivity index (χ4n) is 14.0. The molecule has 6 aliphatic rings. The van der Waals surface area contributed by atoms with Gasteiger partial charge in [0.1, 0.15) is 0 Å². The maximum atomic E-state index is 7.68. The Kier molecular flexibility index (Phi) is 9.71. The van der Waals surface area contributed by atoms with Gasteiger partial charge in [-0.05, 0) is 204 Å². The topological polar surface area (TPSA) is 80.9 Å². The second-order valence-corrected chi connectivity index (χ2v) is 19.9.